The van der Waals surface area contributed by atoms with E-state index in [4.69, 9.17) is 11.5 Å². The minimum Gasteiger partial charge on any atom is -0.744 e. The maximum Gasteiger partial charge on any atom is 1.00 e. The number of amidine groups is 1. The first-order chi connectivity index (χ1) is 16.3. The molecule has 0 saturated heterocycles. The Morgan fingerprint density at radius 3 is 1.73 bits per heavy atom. The third-order valence-corrected chi connectivity index (χ3v) is 6.60. The number of benzene rings is 2. The van der Waals surface area contributed by atoms with Gasteiger partial charge >= 0.3 is 103 Å². The Kier molecular flexibility index (Phi) is 10.5. The number of aromatic amines is 1. The Balaban J connectivity index is 0.00000241. The van der Waals surface area contributed by atoms with Gasteiger partial charge in [-0.1, -0.05) is 0 Å². The molecule has 0 unspecified atom stereocenters. The van der Waals surface area contributed by atoms with Gasteiger partial charge in [0.05, 0.1) is 32.3 Å². The van der Waals surface area contributed by atoms with Crippen LogP contribution in [0.2, 0.25) is 0 Å². The number of H-pyrrole nitrogens is 1. The smallest absolute Gasteiger partial charge is 0.744 e. The second kappa shape index (κ2) is 12.0. The van der Waals surface area contributed by atoms with E-state index in [1.165, 1.54) is 24.3 Å². The number of nitrogens with one attached hydrogen (secondary N) is 1. The van der Waals surface area contributed by atoms with E-state index in [1.807, 2.05) is 0 Å². The first-order valence-corrected chi connectivity index (χ1v) is 12.2. The fraction of sp³-hybridized carbons (Fsp3) is 0. The topological polar surface area (TPSA) is 237 Å². The van der Waals surface area contributed by atoms with Crippen molar-refractivity contribution in [3.05, 3.63) is 70.0 Å². The molecule has 0 aliphatic carbocycles. The zero-order chi connectivity index (χ0) is 25.7. The molecule has 1 aromatic heterocycles. The standard InChI is InChI=1S/C19H16N6O8S2.2K/c20-16-14(18(26)24(22-16)10-1-5-12(6-2-10)34(28,29)30)9-15-17(21)23-25(19(15)27)11-3-7-13(8-4-11)35(31,32)33;;/h1-9,22H,20H2,(H2,21,23)(H,28,29,30)(H,31,32,33);;/q;2*+1/p-2. The number of carbonyl (C=O) groups excluding carboxylic acids is 1. The summed E-state index contributed by atoms with van der Waals surface area (Å²) >= 11 is 0. The van der Waals surface area contributed by atoms with E-state index >= 15 is 0 Å². The van der Waals surface area contributed by atoms with Gasteiger partial charge in [0.1, 0.15) is 26.1 Å². The molecule has 1 aliphatic heterocycles. The molecule has 4 rings (SSSR count). The van der Waals surface area contributed by atoms with E-state index in [1.54, 1.807) is 0 Å². The zero-order valence-corrected chi connectivity index (χ0v) is 27.2. The van der Waals surface area contributed by atoms with E-state index in [9.17, 15) is 35.5 Å². The Morgan fingerprint density at radius 1 is 0.811 bits per heavy atom. The summed E-state index contributed by atoms with van der Waals surface area (Å²) in [7, 11) is -9.36. The summed E-state index contributed by atoms with van der Waals surface area (Å²) in [6.07, 6.45) is 1.11. The van der Waals surface area contributed by atoms with Crippen LogP contribution in [0.3, 0.4) is 0 Å². The van der Waals surface area contributed by atoms with Crippen LogP contribution in [-0.4, -0.2) is 47.5 Å². The van der Waals surface area contributed by atoms with Gasteiger partial charge < -0.3 is 20.6 Å². The Morgan fingerprint density at radius 2 is 1.27 bits per heavy atom. The molecule has 1 aliphatic rings. The van der Waals surface area contributed by atoms with Crippen molar-refractivity contribution in [2.75, 3.05) is 10.7 Å². The second-order valence-electron chi connectivity index (χ2n) is 7.14. The number of anilines is 2. The first kappa shape index (κ1) is 32.2. The molecule has 182 valence electrons. The summed E-state index contributed by atoms with van der Waals surface area (Å²) < 4.78 is 67.5. The van der Waals surface area contributed by atoms with E-state index in [-0.39, 0.29) is 137 Å². The van der Waals surface area contributed by atoms with E-state index < -0.39 is 41.5 Å². The summed E-state index contributed by atoms with van der Waals surface area (Å²) in [6.45, 7) is 0. The van der Waals surface area contributed by atoms with Crippen LogP contribution in [0.1, 0.15) is 5.56 Å². The fourth-order valence-corrected chi connectivity index (χ4v) is 4.13. The summed E-state index contributed by atoms with van der Waals surface area (Å²) in [5.74, 6) is -1.16. The molecule has 0 atom stereocenters. The number of nitrogens with two attached hydrogens (primary N) is 2. The normalized spacial score (nSPS) is 14.8. The van der Waals surface area contributed by atoms with Gasteiger partial charge in [0, 0.05) is 0 Å². The van der Waals surface area contributed by atoms with Crippen LogP contribution in [0.25, 0.3) is 11.8 Å². The van der Waals surface area contributed by atoms with Crippen LogP contribution in [-0.2, 0) is 25.0 Å². The first-order valence-electron chi connectivity index (χ1n) is 9.41. The minimum atomic E-state index is -4.68. The van der Waals surface area contributed by atoms with Crippen molar-refractivity contribution in [3.8, 4) is 5.69 Å². The van der Waals surface area contributed by atoms with E-state index in [0.717, 1.165) is 40.0 Å². The third kappa shape index (κ3) is 6.79. The van der Waals surface area contributed by atoms with Crippen LogP contribution in [0.4, 0.5) is 11.5 Å². The van der Waals surface area contributed by atoms with Crippen LogP contribution in [0, 0.1) is 0 Å². The third-order valence-electron chi connectivity index (χ3n) is 4.90. The number of rotatable bonds is 5. The predicted molar refractivity (Wildman–Crippen MR) is 120 cm³/mol. The summed E-state index contributed by atoms with van der Waals surface area (Å²) in [5, 5.41) is 7.33. The van der Waals surface area contributed by atoms with E-state index in [2.05, 4.69) is 10.2 Å². The van der Waals surface area contributed by atoms with Gasteiger partial charge in [0.2, 0.25) is 0 Å². The Labute approximate surface area is 295 Å². The number of hydrogen-bond donors (Lipinski definition) is 3. The predicted octanol–water partition coefficient (Wildman–Crippen LogP) is -6.73. The number of carbonyl (C=O) groups is 1. The molecule has 3 aromatic rings. The van der Waals surface area contributed by atoms with Crippen molar-refractivity contribution >= 4 is 49.6 Å². The van der Waals surface area contributed by atoms with E-state index in [0.29, 0.717) is 0 Å². The zero-order valence-electron chi connectivity index (χ0n) is 19.3. The van der Waals surface area contributed by atoms with Gasteiger partial charge in [0.25, 0.3) is 11.5 Å². The molecule has 2 aromatic carbocycles. The molecule has 0 saturated carbocycles. The van der Waals surface area contributed by atoms with Crippen molar-refractivity contribution in [1.82, 2.24) is 9.78 Å². The quantitative estimate of drug-likeness (QED) is 0.143. The number of hydrogen-bond acceptors (Lipinski definition) is 11. The average Bonchev–Trinajstić information content (AvgIpc) is 3.23. The van der Waals surface area contributed by atoms with Gasteiger partial charge in [-0.2, -0.15) is 5.01 Å². The fourth-order valence-electron chi connectivity index (χ4n) is 3.19. The number of amides is 1. The molecule has 18 heteroatoms. The number of aromatic nitrogens is 2. The van der Waals surface area contributed by atoms with Gasteiger partial charge in [-0.3, -0.25) is 14.7 Å². The molecule has 1 amide bonds. The van der Waals surface area contributed by atoms with Gasteiger partial charge in [-0.15, -0.1) is 5.10 Å². The molecular weight excluding hydrogens is 583 g/mol. The summed E-state index contributed by atoms with van der Waals surface area (Å²) in [6, 6.07) is 8.84. The van der Waals surface area contributed by atoms with Crippen LogP contribution >= 0.6 is 0 Å². The van der Waals surface area contributed by atoms with Crippen molar-refractivity contribution in [2.24, 2.45) is 10.8 Å². The van der Waals surface area contributed by atoms with Crippen LogP contribution < -0.4 is 125 Å². The van der Waals surface area contributed by atoms with Gasteiger partial charge in [-0.05, 0) is 54.6 Å². The molecule has 0 fully saturated rings. The molecule has 5 N–H and O–H groups in total. The molecule has 0 radical (unpaired) electrons. The molecule has 0 spiro atoms. The SMILES string of the molecule is NC1=NN(c2ccc(S(=O)(=O)[O-])cc2)C(=O)C1=Cc1c(N)[nH]n(-c2ccc(S(=O)(=O)[O-])cc2)c1=O.[K+].[K+]. The molecule has 37 heavy (non-hydrogen) atoms. The van der Waals surface area contributed by atoms with Crippen molar-refractivity contribution in [1.29, 1.82) is 0 Å². The molecule has 14 nitrogen and oxygen atoms in total. The number of nitrogen functional groups attached to an aromatic ring is 1. The average molecular weight is 597 g/mol. The van der Waals surface area contributed by atoms with Crippen molar-refractivity contribution in [2.45, 2.75) is 9.79 Å². The minimum absolute atomic E-state index is 0. The molecular formula is C19H14K2N6O8S2. The second-order valence-corrected chi connectivity index (χ2v) is 9.90. The van der Waals surface area contributed by atoms with Gasteiger partial charge in [0.15, 0.2) is 5.84 Å². The van der Waals surface area contributed by atoms with Crippen LogP contribution in [0.5, 0.6) is 0 Å². The van der Waals surface area contributed by atoms with Crippen molar-refractivity contribution < 1.29 is 134 Å². The van der Waals surface area contributed by atoms with Crippen LogP contribution in [0.15, 0.2) is 73.8 Å². The Bertz CT molecular complexity index is 1690. The van der Waals surface area contributed by atoms with Crippen molar-refractivity contribution in [3.63, 3.8) is 0 Å². The monoisotopic (exact) mass is 596 g/mol. The summed E-state index contributed by atoms with van der Waals surface area (Å²) in [5.41, 5.74) is 11.0. The summed E-state index contributed by atoms with van der Waals surface area (Å²) in [4.78, 5) is 24.8. The largest absolute Gasteiger partial charge is 1.00 e. The maximum absolute atomic E-state index is 12.9. The maximum atomic E-state index is 12.9. The molecule has 0 bridgehead atoms. The number of nitrogens with zero attached hydrogens (tertiary/aromatic N) is 3. The Hall–Kier alpha value is -0.977. The number of hydrazone groups is 1. The molecule has 2 heterocycles. The van der Waals surface area contributed by atoms with Gasteiger partial charge in [-0.25, -0.2) is 21.5 Å².